The van der Waals surface area contributed by atoms with Crippen molar-refractivity contribution in [3.8, 4) is 11.5 Å². The number of ether oxygens (including phenoxy) is 2. The largest absolute Gasteiger partial charge is 0.507 e. The van der Waals surface area contributed by atoms with Gasteiger partial charge in [-0.1, -0.05) is 0 Å². The number of hydrogen-bond acceptors (Lipinski definition) is 10. The lowest BCUT2D eigenvalue weighted by molar-refractivity contribution is -0.207. The molecule has 2 bridgehead atoms. The highest BCUT2D eigenvalue weighted by Gasteiger charge is 2.62. The van der Waals surface area contributed by atoms with Crippen molar-refractivity contribution >= 4 is 17.5 Å². The lowest BCUT2D eigenvalue weighted by atomic mass is 9.63. The van der Waals surface area contributed by atoms with Crippen molar-refractivity contribution in [1.82, 2.24) is 0 Å². The number of phenolic OH excluding ortho intramolecular Hbond substituents is 2. The molecule has 5 aliphatic rings. The summed E-state index contributed by atoms with van der Waals surface area (Å²) in [4.78, 5) is 38.2. The Morgan fingerprint density at radius 3 is 2.24 bits per heavy atom. The molecule has 11 heteroatoms. The van der Waals surface area contributed by atoms with Gasteiger partial charge < -0.3 is 40.1 Å². The molecule has 1 aromatic carbocycles. The number of aliphatic hydroxyl groups excluding tert-OH is 2. The lowest BCUT2D eigenvalue weighted by Crippen LogP contribution is -2.66. The summed E-state index contributed by atoms with van der Waals surface area (Å²) in [6.07, 6.45) is -8.21. The Hall–Kier alpha value is -2.83. The van der Waals surface area contributed by atoms with Crippen molar-refractivity contribution in [2.45, 2.75) is 68.9 Å². The molecule has 1 saturated heterocycles. The second kappa shape index (κ2) is 6.84. The van der Waals surface area contributed by atoms with Crippen LogP contribution in [0.25, 0.3) is 0 Å². The van der Waals surface area contributed by atoms with Gasteiger partial charge in [0.15, 0.2) is 11.6 Å². The molecule has 176 valence electrons. The van der Waals surface area contributed by atoms with Crippen LogP contribution in [0.3, 0.4) is 0 Å². The highest BCUT2D eigenvalue weighted by Crippen LogP contribution is 2.55. The highest BCUT2D eigenvalue weighted by molar-refractivity contribution is 6.30. The van der Waals surface area contributed by atoms with Gasteiger partial charge in [0, 0.05) is 28.7 Å². The smallest absolute Gasteiger partial charge is 0.306 e. The number of carbonyl (C=O) groups excluding carboxylic acids is 2. The van der Waals surface area contributed by atoms with Crippen LogP contribution in [0.4, 0.5) is 0 Å². The molecule has 0 amide bonds. The van der Waals surface area contributed by atoms with Crippen molar-refractivity contribution < 1.29 is 54.5 Å². The number of ketones is 2. The van der Waals surface area contributed by atoms with Gasteiger partial charge in [-0.2, -0.15) is 0 Å². The minimum Gasteiger partial charge on any atom is -0.507 e. The molecule has 6 N–H and O–H groups in total. The van der Waals surface area contributed by atoms with Crippen molar-refractivity contribution in [2.75, 3.05) is 0 Å². The molecule has 0 saturated carbocycles. The predicted molar refractivity (Wildman–Crippen MR) is 106 cm³/mol. The zero-order valence-corrected chi connectivity index (χ0v) is 17.6. The number of aliphatic carboxylic acids is 1. The quantitative estimate of drug-likeness (QED) is 0.325. The number of rotatable bonds is 2. The number of phenols is 2. The molecular weight excluding hydrogens is 440 g/mol. The maximum atomic E-state index is 13.6. The zero-order chi connectivity index (χ0) is 24.1. The summed E-state index contributed by atoms with van der Waals surface area (Å²) >= 11 is 0. The average Bonchev–Trinajstić information content (AvgIpc) is 2.72. The van der Waals surface area contributed by atoms with Crippen LogP contribution >= 0.6 is 0 Å². The highest BCUT2D eigenvalue weighted by atomic mass is 16.5. The first-order chi connectivity index (χ1) is 15.4. The molecular formula is C22H22O11. The van der Waals surface area contributed by atoms with E-state index in [0.717, 1.165) is 0 Å². The number of carbonyl (C=O) groups is 3. The Bertz CT molecular complexity index is 1150. The van der Waals surface area contributed by atoms with Gasteiger partial charge in [0.1, 0.15) is 23.2 Å². The van der Waals surface area contributed by atoms with E-state index in [2.05, 4.69) is 0 Å². The molecule has 11 nitrogen and oxygen atoms in total. The van der Waals surface area contributed by atoms with Crippen molar-refractivity contribution in [3.05, 3.63) is 33.4 Å². The Balaban J connectivity index is 1.76. The molecule has 0 radical (unpaired) electrons. The first-order valence-electron chi connectivity index (χ1n) is 10.5. The average molecular weight is 462 g/mol. The van der Waals surface area contributed by atoms with Gasteiger partial charge in [-0.3, -0.25) is 14.4 Å². The number of hydrogen-bond donors (Lipinski definition) is 6. The fourth-order valence-electron chi connectivity index (χ4n) is 5.65. The van der Waals surface area contributed by atoms with Gasteiger partial charge >= 0.3 is 5.97 Å². The van der Waals surface area contributed by atoms with E-state index >= 15 is 0 Å². The predicted octanol–water partition coefficient (Wildman–Crippen LogP) is 0.0243. The Kier molecular flexibility index (Phi) is 4.56. The number of carboxylic acid groups (broad SMARTS) is 1. The molecule has 3 aliphatic heterocycles. The molecule has 2 aliphatic carbocycles. The third kappa shape index (κ3) is 2.59. The molecule has 0 aromatic heterocycles. The Morgan fingerprint density at radius 2 is 1.64 bits per heavy atom. The summed E-state index contributed by atoms with van der Waals surface area (Å²) in [7, 11) is 0. The SMILES string of the molecule is C[C@@H]1O[C@@H](CC(=O)O)[C@H](O)c2c(O)c3c(c(O)c21)C(=O)C1=C(C3=O)[C@@H]2C[C@H](O)[C@]1(O)[C@H](C)O2. The number of carboxylic acids is 1. The van der Waals surface area contributed by atoms with Gasteiger partial charge in [0.2, 0.25) is 0 Å². The normalized spacial score (nSPS) is 37.0. The molecule has 3 heterocycles. The van der Waals surface area contributed by atoms with E-state index in [-0.39, 0.29) is 28.7 Å². The fraction of sp³-hybridized carbons (Fsp3) is 0.500. The number of benzene rings is 1. The van der Waals surface area contributed by atoms with Crippen LogP contribution in [-0.4, -0.2) is 78.2 Å². The van der Waals surface area contributed by atoms with Crippen molar-refractivity contribution in [3.63, 3.8) is 0 Å². The van der Waals surface area contributed by atoms with Crippen LogP contribution in [0, 0.1) is 0 Å². The summed E-state index contributed by atoms with van der Waals surface area (Å²) in [5.41, 5.74) is -4.40. The molecule has 1 fully saturated rings. The Labute approximate surface area is 186 Å². The van der Waals surface area contributed by atoms with E-state index in [4.69, 9.17) is 14.6 Å². The van der Waals surface area contributed by atoms with E-state index in [0.29, 0.717) is 0 Å². The van der Waals surface area contributed by atoms with Crippen molar-refractivity contribution in [1.29, 1.82) is 0 Å². The number of aromatic hydroxyl groups is 2. The van der Waals surface area contributed by atoms with E-state index < -0.39 is 88.8 Å². The first kappa shape index (κ1) is 22.0. The maximum absolute atomic E-state index is 13.6. The van der Waals surface area contributed by atoms with Crippen LogP contribution in [0.1, 0.15) is 70.7 Å². The third-order valence-corrected chi connectivity index (χ3v) is 7.18. The van der Waals surface area contributed by atoms with E-state index in [1.54, 1.807) is 0 Å². The van der Waals surface area contributed by atoms with Gasteiger partial charge in [-0.15, -0.1) is 0 Å². The number of aliphatic hydroxyl groups is 3. The van der Waals surface area contributed by atoms with Gasteiger partial charge in [-0.05, 0) is 13.8 Å². The molecule has 7 atom stereocenters. The molecule has 33 heavy (non-hydrogen) atoms. The minimum absolute atomic E-state index is 0.153. The minimum atomic E-state index is -2.19. The monoisotopic (exact) mass is 462 g/mol. The summed E-state index contributed by atoms with van der Waals surface area (Å²) in [6, 6.07) is 0. The molecule has 6 rings (SSSR count). The van der Waals surface area contributed by atoms with E-state index in [1.807, 2.05) is 0 Å². The van der Waals surface area contributed by atoms with E-state index in [1.165, 1.54) is 13.8 Å². The van der Waals surface area contributed by atoms with Crippen molar-refractivity contribution in [2.24, 2.45) is 0 Å². The third-order valence-electron chi connectivity index (χ3n) is 7.18. The number of fused-ring (bicyclic) bond motifs is 4. The summed E-state index contributed by atoms with van der Waals surface area (Å²) in [5.74, 6) is -4.61. The van der Waals surface area contributed by atoms with E-state index in [9.17, 15) is 39.9 Å². The second-order valence-electron chi connectivity index (χ2n) is 8.92. The van der Waals surface area contributed by atoms with Crippen LogP contribution in [0.2, 0.25) is 0 Å². The van der Waals surface area contributed by atoms with Crippen LogP contribution in [-0.2, 0) is 14.3 Å². The molecule has 0 unspecified atom stereocenters. The molecule has 1 aromatic rings. The second-order valence-corrected chi connectivity index (χ2v) is 8.92. The lowest BCUT2D eigenvalue weighted by Gasteiger charge is -2.52. The maximum Gasteiger partial charge on any atom is 0.306 e. The first-order valence-corrected chi connectivity index (χ1v) is 10.5. The summed E-state index contributed by atoms with van der Waals surface area (Å²) < 4.78 is 11.1. The van der Waals surface area contributed by atoms with Gasteiger partial charge in [0.25, 0.3) is 0 Å². The summed E-state index contributed by atoms with van der Waals surface area (Å²) in [5, 5.41) is 63.6. The van der Waals surface area contributed by atoms with Gasteiger partial charge in [-0.25, -0.2) is 0 Å². The fourth-order valence-corrected chi connectivity index (χ4v) is 5.65. The topological polar surface area (TPSA) is 191 Å². The van der Waals surface area contributed by atoms with Crippen LogP contribution in [0.15, 0.2) is 11.1 Å². The zero-order valence-electron chi connectivity index (χ0n) is 17.6. The summed E-state index contributed by atoms with van der Waals surface area (Å²) in [6.45, 7) is 2.88. The number of Topliss-reactive ketones (excluding diaryl/α,β-unsaturated/α-hetero) is 2. The Morgan fingerprint density at radius 1 is 1.03 bits per heavy atom. The van der Waals surface area contributed by atoms with Gasteiger partial charge in [0.05, 0.1) is 48.1 Å². The molecule has 0 spiro atoms. The standard InChI is InChI=1S/C22H22O11/c1-5-11-13(17(26)8(32-5)4-10(24)25)20(29)14-15(18(11)27)21(30)16-12(19(14)28)7-3-9(23)22(16,31)6(2)33-7/h5-9,17,23,26-27,29,31H,3-4H2,1-2H3,(H,24,25)/t5-,6-,7-,8-,9-,17-,22+/m0/s1. The van der Waals surface area contributed by atoms with Crippen LogP contribution < -0.4 is 0 Å². The van der Waals surface area contributed by atoms with Crippen LogP contribution in [0.5, 0.6) is 11.5 Å².